The van der Waals surface area contributed by atoms with Crippen LogP contribution in [0, 0.1) is 0 Å². The van der Waals surface area contributed by atoms with Gasteiger partial charge in [-0.25, -0.2) is 8.96 Å². The second-order valence-corrected chi connectivity index (χ2v) is 6.18. The first-order valence-electron chi connectivity index (χ1n) is 5.90. The number of nitrogens with zero attached hydrogens (tertiary/aromatic N) is 2. The zero-order valence-corrected chi connectivity index (χ0v) is 12.7. The largest absolute Gasteiger partial charge is 0.609 e. The first-order chi connectivity index (χ1) is 9.79. The van der Waals surface area contributed by atoms with Crippen LogP contribution in [0.1, 0.15) is 18.7 Å². The quantitative estimate of drug-likeness (QED) is 0.488. The molecule has 0 radical (unpaired) electrons. The summed E-state index contributed by atoms with van der Waals surface area (Å²) in [5.41, 5.74) is 6.49. The van der Waals surface area contributed by atoms with Crippen LogP contribution in [0.3, 0.4) is 0 Å². The molecule has 0 aromatic heterocycles. The number of hydrazine groups is 1. The molecule has 10 heteroatoms. The van der Waals surface area contributed by atoms with Crippen molar-refractivity contribution in [3.63, 3.8) is 0 Å². The van der Waals surface area contributed by atoms with Crippen molar-refractivity contribution in [1.82, 2.24) is 10.5 Å². The molecule has 0 amide bonds. The Kier molecular flexibility index (Phi) is 4.80. The Morgan fingerprint density at radius 2 is 2.14 bits per heavy atom. The van der Waals surface area contributed by atoms with Crippen LogP contribution in [0.2, 0.25) is 0 Å². The van der Waals surface area contributed by atoms with Crippen LogP contribution in [-0.4, -0.2) is 20.2 Å². The summed E-state index contributed by atoms with van der Waals surface area (Å²) in [6.07, 6.45) is -0.396. The van der Waals surface area contributed by atoms with Crippen LogP contribution in [0.4, 0.5) is 4.39 Å². The summed E-state index contributed by atoms with van der Waals surface area (Å²) < 4.78 is 30.2. The Balaban J connectivity index is 2.31. The maximum Gasteiger partial charge on any atom is 0.524 e. The zero-order valence-electron chi connectivity index (χ0n) is 10.9. The van der Waals surface area contributed by atoms with Gasteiger partial charge >= 0.3 is 7.82 Å². The molecule has 2 rings (SSSR count). The van der Waals surface area contributed by atoms with Gasteiger partial charge in [-0.1, -0.05) is 18.2 Å². The van der Waals surface area contributed by atoms with E-state index < -0.39 is 14.0 Å². The Morgan fingerprint density at radius 3 is 2.76 bits per heavy atom. The fourth-order valence-electron chi connectivity index (χ4n) is 1.82. The van der Waals surface area contributed by atoms with Gasteiger partial charge in [-0.3, -0.25) is 9.79 Å². The lowest BCUT2D eigenvalue weighted by Crippen LogP contribution is -2.35. The summed E-state index contributed by atoms with van der Waals surface area (Å²) in [6, 6.07) is 5.71. The molecule has 2 unspecified atom stereocenters. The first-order valence-corrected chi connectivity index (χ1v) is 7.95. The number of phosphoric acid groups is 1. The highest BCUT2D eigenvalue weighted by molar-refractivity contribution is 7.80. The van der Waals surface area contributed by atoms with Gasteiger partial charge < -0.3 is 20.5 Å². The molecule has 0 aliphatic carbocycles. The van der Waals surface area contributed by atoms with Crippen LogP contribution >= 0.6 is 20.5 Å². The van der Waals surface area contributed by atoms with Gasteiger partial charge in [0.15, 0.2) is 6.17 Å². The van der Waals surface area contributed by atoms with Gasteiger partial charge in [0.1, 0.15) is 5.75 Å². The average molecular weight is 334 g/mol. The lowest BCUT2D eigenvalue weighted by molar-refractivity contribution is 0.225. The van der Waals surface area contributed by atoms with E-state index in [1.807, 2.05) is 0 Å². The monoisotopic (exact) mass is 334 g/mol. The molecular weight excluding hydrogens is 320 g/mol. The molecule has 2 atom stereocenters. The Hall–Kier alpha value is -1.25. The Bertz CT molecular complexity index is 595. The molecule has 0 fully saturated rings. The number of rotatable bonds is 5. The second-order valence-electron chi connectivity index (χ2n) is 4.27. The Labute approximate surface area is 126 Å². The molecule has 0 bridgehead atoms. The van der Waals surface area contributed by atoms with Crippen LogP contribution < -0.4 is 10.1 Å². The second kappa shape index (κ2) is 6.25. The summed E-state index contributed by atoms with van der Waals surface area (Å²) in [7, 11) is -4.77. The lowest BCUT2D eigenvalue weighted by atomic mass is 10.1. The van der Waals surface area contributed by atoms with Gasteiger partial charge in [-0.2, -0.15) is 12.6 Å². The van der Waals surface area contributed by atoms with E-state index in [4.69, 9.17) is 9.79 Å². The number of para-hydroxylation sites is 1. The maximum absolute atomic E-state index is 14.7. The van der Waals surface area contributed by atoms with Crippen LogP contribution in [0.25, 0.3) is 5.43 Å². The minimum atomic E-state index is -4.77. The molecule has 1 aromatic carbocycles. The molecule has 0 saturated heterocycles. The van der Waals surface area contributed by atoms with Gasteiger partial charge in [-0.15, -0.1) is 6.20 Å². The van der Waals surface area contributed by atoms with E-state index in [2.05, 4.69) is 28.1 Å². The highest BCUT2D eigenvalue weighted by Crippen LogP contribution is 2.43. The number of benzene rings is 1. The number of nitrogens with one attached hydrogen (secondary N) is 1. The summed E-state index contributed by atoms with van der Waals surface area (Å²) in [6.45, 7) is 1.72. The maximum atomic E-state index is 14.7. The van der Waals surface area contributed by atoms with Crippen LogP contribution in [0.5, 0.6) is 5.75 Å². The van der Waals surface area contributed by atoms with Crippen molar-refractivity contribution in [1.29, 1.82) is 0 Å². The van der Waals surface area contributed by atoms with Crippen LogP contribution in [-0.2, 0) is 4.57 Å². The van der Waals surface area contributed by atoms with Crippen molar-refractivity contribution < 1.29 is 23.3 Å². The van der Waals surface area contributed by atoms with Crippen molar-refractivity contribution in [3.05, 3.63) is 47.2 Å². The third-order valence-corrected chi connectivity index (χ3v) is 3.35. The lowest BCUT2D eigenvalue weighted by Gasteiger charge is -2.31. The van der Waals surface area contributed by atoms with Crippen molar-refractivity contribution in [3.8, 4) is 5.75 Å². The highest BCUT2D eigenvalue weighted by atomic mass is 32.1. The molecule has 21 heavy (non-hydrogen) atoms. The molecule has 1 heterocycles. The van der Waals surface area contributed by atoms with E-state index in [0.717, 1.165) is 0 Å². The van der Waals surface area contributed by atoms with E-state index in [1.54, 1.807) is 13.0 Å². The minimum absolute atomic E-state index is 0.00930. The molecule has 0 saturated carbocycles. The molecule has 7 nitrogen and oxygen atoms in total. The van der Waals surface area contributed by atoms with Gasteiger partial charge in [-0.05, 0) is 13.0 Å². The molecule has 3 N–H and O–H groups in total. The number of phosphoric ester groups is 1. The normalized spacial score (nSPS) is 18.0. The van der Waals surface area contributed by atoms with E-state index in [9.17, 15) is 8.96 Å². The zero-order chi connectivity index (χ0) is 15.6. The summed E-state index contributed by atoms with van der Waals surface area (Å²) in [5.74, 6) is -0.224. The number of hydrogen-bond donors (Lipinski definition) is 4. The van der Waals surface area contributed by atoms with Crippen molar-refractivity contribution >= 4 is 20.5 Å². The predicted octanol–water partition coefficient (Wildman–Crippen LogP) is 2.39. The van der Waals surface area contributed by atoms with Crippen molar-refractivity contribution in [2.24, 2.45) is 0 Å². The Morgan fingerprint density at radius 1 is 1.48 bits per heavy atom. The summed E-state index contributed by atoms with van der Waals surface area (Å²) in [5, 5.41) is 1.04. The SMILES string of the molecule is CC(S)N1N[N-]C=C1C(F)c1ccccc1OP(=O)(O)O. The summed E-state index contributed by atoms with van der Waals surface area (Å²) >= 11 is 4.19. The highest BCUT2D eigenvalue weighted by Gasteiger charge is 2.28. The average Bonchev–Trinajstić information content (AvgIpc) is 2.86. The molecule has 1 aliphatic rings. The van der Waals surface area contributed by atoms with E-state index >= 15 is 0 Å². The third kappa shape index (κ3) is 3.90. The number of allylic oxidation sites excluding steroid dienone is 1. The smallest absolute Gasteiger partial charge is 0.524 e. The first kappa shape index (κ1) is 16.1. The van der Waals surface area contributed by atoms with Crippen molar-refractivity contribution in [2.45, 2.75) is 18.5 Å². The van der Waals surface area contributed by atoms with E-state index in [-0.39, 0.29) is 22.4 Å². The molecule has 1 aliphatic heterocycles. The molecule has 0 spiro atoms. The molecular formula is C11H14FN3O4PS-. The predicted molar refractivity (Wildman–Crippen MR) is 77.8 cm³/mol. The number of hydrogen-bond acceptors (Lipinski definition) is 5. The van der Waals surface area contributed by atoms with Gasteiger partial charge in [0.2, 0.25) is 0 Å². The molecule has 116 valence electrons. The van der Waals surface area contributed by atoms with E-state index in [0.29, 0.717) is 0 Å². The number of alkyl halides is 1. The topological polar surface area (TPSA) is 96.1 Å². The molecule has 1 aromatic rings. The van der Waals surface area contributed by atoms with Gasteiger partial charge in [0.05, 0.1) is 5.37 Å². The summed E-state index contributed by atoms with van der Waals surface area (Å²) in [4.78, 5) is 17.8. The fraction of sp³-hybridized carbons (Fsp3) is 0.273. The van der Waals surface area contributed by atoms with Crippen LogP contribution in [0.15, 0.2) is 36.2 Å². The van der Waals surface area contributed by atoms with Crippen molar-refractivity contribution in [2.75, 3.05) is 0 Å². The number of thiol groups is 1. The number of halogens is 1. The minimum Gasteiger partial charge on any atom is -0.609 e. The fourth-order valence-corrected chi connectivity index (χ4v) is 2.43. The van der Waals surface area contributed by atoms with E-state index in [1.165, 1.54) is 29.4 Å². The van der Waals surface area contributed by atoms with Gasteiger partial charge in [0.25, 0.3) is 0 Å². The van der Waals surface area contributed by atoms with Gasteiger partial charge in [0, 0.05) is 11.3 Å². The standard InChI is InChI=1S/C11H14FN3O4PS/c1-7(21)15-9(6-13-14-15)11(12)8-4-2-3-5-10(8)19-20(16,17)18/h2-7,11,14,21H,1H3,(H2,16,17,18)/q-1. The third-order valence-electron chi connectivity index (χ3n) is 2.68.